The number of nitrogens with two attached hydrogens (primary N) is 1. The predicted molar refractivity (Wildman–Crippen MR) is 109 cm³/mol. The predicted octanol–water partition coefficient (Wildman–Crippen LogP) is 3.40. The number of hydrogen-bond acceptors (Lipinski definition) is 4. The van der Waals surface area contributed by atoms with Crippen LogP contribution >= 0.6 is 11.6 Å². The van der Waals surface area contributed by atoms with Crippen LogP contribution in [0.5, 0.6) is 5.75 Å². The van der Waals surface area contributed by atoms with Crippen molar-refractivity contribution < 1.29 is 23.9 Å². The van der Waals surface area contributed by atoms with Crippen LogP contribution in [0.15, 0.2) is 12.1 Å². The van der Waals surface area contributed by atoms with E-state index in [2.05, 4.69) is 33.9 Å². The molecule has 1 heterocycles. The fraction of sp³-hybridized carbons (Fsp3) is 0.526. The molecule has 0 radical (unpaired) electrons. The van der Waals surface area contributed by atoms with Crippen LogP contribution in [0, 0.1) is 0 Å². The summed E-state index contributed by atoms with van der Waals surface area (Å²) in [6, 6.07) is 2.21. The summed E-state index contributed by atoms with van der Waals surface area (Å²) in [4.78, 5) is 37.0. The van der Waals surface area contributed by atoms with Crippen molar-refractivity contribution in [1.82, 2.24) is 4.90 Å². The molecule has 3 N–H and O–H groups in total. The normalized spacial score (nSPS) is 15.4. The first-order chi connectivity index (χ1) is 12.8. The smallest absolute Gasteiger partial charge is 0.303 e. The highest BCUT2D eigenvalue weighted by molar-refractivity contribution is 6.74. The second kappa shape index (κ2) is 7.75. The fourth-order valence-electron chi connectivity index (χ4n) is 2.84. The number of primary amides is 1. The van der Waals surface area contributed by atoms with Gasteiger partial charge in [0.15, 0.2) is 0 Å². The number of hydrogen-bond donors (Lipinski definition) is 2. The first-order valence-electron chi connectivity index (χ1n) is 9.08. The molecule has 9 heteroatoms. The third-order valence-corrected chi connectivity index (χ3v) is 10.2. The Balaban J connectivity index is 2.41. The van der Waals surface area contributed by atoms with Gasteiger partial charge in [0.1, 0.15) is 11.8 Å². The number of aliphatic carboxylic acids is 1. The van der Waals surface area contributed by atoms with Crippen LogP contribution in [0.1, 0.15) is 49.5 Å². The van der Waals surface area contributed by atoms with E-state index in [1.807, 2.05) is 0 Å². The van der Waals surface area contributed by atoms with Crippen LogP contribution < -0.4 is 10.2 Å². The van der Waals surface area contributed by atoms with Crippen molar-refractivity contribution in [3.8, 4) is 5.75 Å². The third-order valence-electron chi connectivity index (χ3n) is 5.53. The molecular formula is C19H27ClN2O5Si. The number of carboxylic acids is 1. The summed E-state index contributed by atoms with van der Waals surface area (Å²) in [5.74, 6) is -1.70. The number of nitrogens with zero attached hydrogens (tertiary/aromatic N) is 1. The van der Waals surface area contributed by atoms with Gasteiger partial charge >= 0.3 is 5.97 Å². The molecule has 0 spiro atoms. The van der Waals surface area contributed by atoms with Crippen molar-refractivity contribution >= 4 is 37.7 Å². The maximum atomic E-state index is 12.9. The van der Waals surface area contributed by atoms with Crippen molar-refractivity contribution in [3.63, 3.8) is 0 Å². The van der Waals surface area contributed by atoms with Crippen LogP contribution in [-0.4, -0.2) is 42.1 Å². The molecule has 1 aromatic carbocycles. The molecule has 0 bridgehead atoms. The summed E-state index contributed by atoms with van der Waals surface area (Å²) < 4.78 is 6.39. The number of fused-ring (bicyclic) bond motifs is 1. The van der Waals surface area contributed by atoms with Gasteiger partial charge in [-0.2, -0.15) is 0 Å². The molecular weight excluding hydrogens is 400 g/mol. The van der Waals surface area contributed by atoms with Crippen molar-refractivity contribution in [2.45, 2.75) is 64.3 Å². The Labute approximate surface area is 170 Å². The lowest BCUT2D eigenvalue weighted by atomic mass is 10.1. The second-order valence-corrected chi connectivity index (χ2v) is 13.7. The van der Waals surface area contributed by atoms with Gasteiger partial charge in [-0.05, 0) is 36.7 Å². The van der Waals surface area contributed by atoms with E-state index < -0.39 is 26.2 Å². The van der Waals surface area contributed by atoms with Crippen LogP contribution in [0.3, 0.4) is 0 Å². The van der Waals surface area contributed by atoms with E-state index in [1.54, 1.807) is 12.1 Å². The summed E-state index contributed by atoms with van der Waals surface area (Å²) in [7, 11) is -2.23. The zero-order chi connectivity index (χ0) is 21.4. The van der Waals surface area contributed by atoms with Gasteiger partial charge in [-0.25, -0.2) is 0 Å². The maximum absolute atomic E-state index is 12.9. The van der Waals surface area contributed by atoms with E-state index in [1.165, 1.54) is 4.90 Å². The number of carboxylic acid groups (broad SMARTS) is 1. The van der Waals surface area contributed by atoms with Gasteiger partial charge in [-0.1, -0.05) is 32.4 Å². The molecule has 0 fully saturated rings. The molecule has 1 atom stereocenters. The van der Waals surface area contributed by atoms with Crippen LogP contribution in [-0.2, 0) is 16.1 Å². The molecule has 154 valence electrons. The van der Waals surface area contributed by atoms with Gasteiger partial charge in [0.25, 0.3) is 14.2 Å². The molecule has 0 aliphatic carbocycles. The number of benzene rings is 1. The molecule has 2 rings (SSSR count). The number of carbonyl (C=O) groups excluding carboxylic acids is 2. The largest absolute Gasteiger partial charge is 0.542 e. The second-order valence-electron chi connectivity index (χ2n) is 8.55. The fourth-order valence-corrected chi connectivity index (χ4v) is 4.17. The molecule has 7 nitrogen and oxygen atoms in total. The van der Waals surface area contributed by atoms with Crippen LogP contribution in [0.2, 0.25) is 23.2 Å². The van der Waals surface area contributed by atoms with Crippen LogP contribution in [0.25, 0.3) is 0 Å². The van der Waals surface area contributed by atoms with E-state index >= 15 is 0 Å². The lowest BCUT2D eigenvalue weighted by molar-refractivity contribution is -0.137. The molecule has 1 unspecified atom stereocenters. The minimum atomic E-state index is -2.23. The zero-order valence-corrected chi connectivity index (χ0v) is 18.6. The Morgan fingerprint density at radius 1 is 1.36 bits per heavy atom. The van der Waals surface area contributed by atoms with E-state index in [9.17, 15) is 14.4 Å². The first kappa shape index (κ1) is 22.2. The molecule has 0 saturated carbocycles. The standard InChI is InChI=1S/C19H27ClN2O5Si/c1-19(2,3)28(4,5)27-16-12-10-22(14(17(21)25)8-9-15(23)24)18(26)11(12)6-7-13(16)20/h6-7,14H,8-10H2,1-5H3,(H2,21,25)(H,23,24). The Kier molecular flexibility index (Phi) is 6.15. The Morgan fingerprint density at radius 2 is 1.96 bits per heavy atom. The Morgan fingerprint density at radius 3 is 2.46 bits per heavy atom. The van der Waals surface area contributed by atoms with Gasteiger partial charge in [-0.15, -0.1) is 0 Å². The van der Waals surface area contributed by atoms with E-state index in [0.29, 0.717) is 21.9 Å². The SMILES string of the molecule is CC(C)(C)[Si](C)(C)Oc1c(Cl)ccc2c1CN(C(CCC(=O)O)C(N)=O)C2=O. The van der Waals surface area contributed by atoms with Crippen molar-refractivity contribution in [1.29, 1.82) is 0 Å². The number of carbonyl (C=O) groups is 3. The van der Waals surface area contributed by atoms with Crippen molar-refractivity contribution in [2.75, 3.05) is 0 Å². The molecule has 1 aliphatic rings. The van der Waals surface area contributed by atoms with E-state index in [0.717, 1.165) is 0 Å². The monoisotopic (exact) mass is 426 g/mol. The van der Waals surface area contributed by atoms with E-state index in [-0.39, 0.29) is 30.3 Å². The summed E-state index contributed by atoms with van der Waals surface area (Å²) in [5.41, 5.74) is 6.47. The van der Waals surface area contributed by atoms with Gasteiger partial charge < -0.3 is 20.2 Å². The number of halogens is 1. The lowest BCUT2D eigenvalue weighted by Crippen LogP contribution is -2.45. The molecule has 1 aliphatic heterocycles. The summed E-state index contributed by atoms with van der Waals surface area (Å²) in [6.45, 7) is 10.6. The molecule has 1 aromatic rings. The summed E-state index contributed by atoms with van der Waals surface area (Å²) in [6.07, 6.45) is -0.307. The highest BCUT2D eigenvalue weighted by Crippen LogP contribution is 2.43. The highest BCUT2D eigenvalue weighted by Gasteiger charge is 2.42. The quantitative estimate of drug-likeness (QED) is 0.649. The Bertz CT molecular complexity index is 819. The molecule has 2 amide bonds. The van der Waals surface area contributed by atoms with Gasteiger partial charge in [0.05, 0.1) is 11.6 Å². The minimum absolute atomic E-state index is 0.0451. The van der Waals surface area contributed by atoms with Crippen LogP contribution in [0.4, 0.5) is 0 Å². The molecule has 28 heavy (non-hydrogen) atoms. The van der Waals surface area contributed by atoms with Crippen molar-refractivity contribution in [2.24, 2.45) is 5.73 Å². The zero-order valence-electron chi connectivity index (χ0n) is 16.8. The van der Waals surface area contributed by atoms with Gasteiger partial charge in [-0.3, -0.25) is 14.4 Å². The topological polar surface area (TPSA) is 110 Å². The maximum Gasteiger partial charge on any atom is 0.303 e. The first-order valence-corrected chi connectivity index (χ1v) is 12.4. The number of amides is 2. The summed E-state index contributed by atoms with van der Waals surface area (Å²) >= 11 is 6.40. The molecule has 0 aromatic heterocycles. The Hall–Kier alpha value is -2.06. The minimum Gasteiger partial charge on any atom is -0.542 e. The van der Waals surface area contributed by atoms with Gasteiger partial charge in [0, 0.05) is 17.5 Å². The van der Waals surface area contributed by atoms with Gasteiger partial charge in [0.2, 0.25) is 5.91 Å². The average Bonchev–Trinajstić information content (AvgIpc) is 2.86. The molecule has 0 saturated heterocycles. The average molecular weight is 427 g/mol. The van der Waals surface area contributed by atoms with E-state index in [4.69, 9.17) is 26.9 Å². The lowest BCUT2D eigenvalue weighted by Gasteiger charge is -2.37. The summed E-state index contributed by atoms with van der Waals surface area (Å²) in [5, 5.41) is 9.25. The third kappa shape index (κ3) is 4.33. The number of rotatable bonds is 7. The highest BCUT2D eigenvalue weighted by atomic mass is 35.5. The van der Waals surface area contributed by atoms with Crippen molar-refractivity contribution in [3.05, 3.63) is 28.3 Å².